The summed E-state index contributed by atoms with van der Waals surface area (Å²) in [6, 6.07) is 15.6. The van der Waals surface area contributed by atoms with Gasteiger partial charge in [0.05, 0.1) is 6.61 Å². The minimum Gasteiger partial charge on any atom is -0.493 e. The average molecular weight is 239 g/mol. The molecule has 0 radical (unpaired) electrons. The molecule has 0 saturated carbocycles. The molecule has 1 aromatic carbocycles. The molecule has 4 heteroatoms. The molecule has 0 aliphatic heterocycles. The van der Waals surface area contributed by atoms with E-state index in [-0.39, 0.29) is 0 Å². The summed E-state index contributed by atoms with van der Waals surface area (Å²) < 4.78 is 7.39. The first-order valence-corrected chi connectivity index (χ1v) is 5.90. The molecular formula is C14H13N3O. The van der Waals surface area contributed by atoms with Crippen molar-refractivity contribution in [2.75, 3.05) is 6.61 Å². The van der Waals surface area contributed by atoms with Crippen molar-refractivity contribution < 1.29 is 4.74 Å². The summed E-state index contributed by atoms with van der Waals surface area (Å²) in [5, 5.41) is 4.37. The molecule has 3 rings (SSSR count). The zero-order chi connectivity index (χ0) is 12.2. The largest absolute Gasteiger partial charge is 0.493 e. The van der Waals surface area contributed by atoms with Crippen LogP contribution in [0.2, 0.25) is 0 Å². The number of para-hydroxylation sites is 1. The summed E-state index contributed by atoms with van der Waals surface area (Å²) >= 11 is 0. The second-order valence-electron chi connectivity index (χ2n) is 3.94. The lowest BCUT2D eigenvalue weighted by molar-refractivity contribution is 0.319. The number of aromatic nitrogens is 3. The van der Waals surface area contributed by atoms with Crippen LogP contribution in [-0.4, -0.2) is 21.2 Å². The predicted molar refractivity (Wildman–Crippen MR) is 68.6 cm³/mol. The Bertz CT molecular complexity index is 601. The maximum Gasteiger partial charge on any atom is 0.155 e. The van der Waals surface area contributed by atoms with Crippen molar-refractivity contribution in [3.8, 4) is 5.75 Å². The highest BCUT2D eigenvalue weighted by Gasteiger charge is 2.02. The smallest absolute Gasteiger partial charge is 0.155 e. The number of nitrogens with zero attached hydrogens (tertiary/aromatic N) is 3. The average Bonchev–Trinajstić information content (AvgIpc) is 2.82. The summed E-state index contributed by atoms with van der Waals surface area (Å²) in [5.41, 5.74) is 0.868. The van der Waals surface area contributed by atoms with E-state index >= 15 is 0 Å². The number of hydrogen-bond acceptors (Lipinski definition) is 3. The second-order valence-corrected chi connectivity index (χ2v) is 3.94. The van der Waals surface area contributed by atoms with Gasteiger partial charge < -0.3 is 4.74 Å². The van der Waals surface area contributed by atoms with Gasteiger partial charge in [0.1, 0.15) is 5.75 Å². The van der Waals surface area contributed by atoms with E-state index in [9.17, 15) is 0 Å². The van der Waals surface area contributed by atoms with Crippen molar-refractivity contribution in [3.63, 3.8) is 0 Å². The molecule has 0 aliphatic carbocycles. The van der Waals surface area contributed by atoms with Crippen LogP contribution in [-0.2, 0) is 6.42 Å². The third-order valence-corrected chi connectivity index (χ3v) is 2.62. The van der Waals surface area contributed by atoms with Crippen LogP contribution in [0.5, 0.6) is 5.75 Å². The van der Waals surface area contributed by atoms with E-state index in [0.29, 0.717) is 13.0 Å². The van der Waals surface area contributed by atoms with Crippen LogP contribution >= 0.6 is 0 Å². The van der Waals surface area contributed by atoms with E-state index in [4.69, 9.17) is 4.74 Å². The number of fused-ring (bicyclic) bond motifs is 1. The van der Waals surface area contributed by atoms with Crippen LogP contribution in [0.3, 0.4) is 0 Å². The molecule has 0 saturated heterocycles. The highest BCUT2D eigenvalue weighted by molar-refractivity contribution is 5.36. The molecule has 2 heterocycles. The zero-order valence-corrected chi connectivity index (χ0v) is 9.86. The lowest BCUT2D eigenvalue weighted by Crippen LogP contribution is -2.02. The van der Waals surface area contributed by atoms with Crippen LogP contribution < -0.4 is 4.74 Å². The molecule has 3 aromatic rings. The fourth-order valence-corrected chi connectivity index (χ4v) is 1.76. The fraction of sp³-hybridized carbons (Fsp3) is 0.143. The Balaban J connectivity index is 1.63. The van der Waals surface area contributed by atoms with Gasteiger partial charge in [-0.05, 0) is 24.3 Å². The summed E-state index contributed by atoms with van der Waals surface area (Å²) in [6.45, 7) is 0.584. The summed E-state index contributed by atoms with van der Waals surface area (Å²) in [5.74, 6) is 1.68. The van der Waals surface area contributed by atoms with Gasteiger partial charge in [-0.3, -0.25) is 0 Å². The molecule has 4 nitrogen and oxygen atoms in total. The third kappa shape index (κ3) is 2.32. The van der Waals surface area contributed by atoms with E-state index in [1.54, 1.807) is 4.52 Å². The first kappa shape index (κ1) is 10.8. The monoisotopic (exact) mass is 239 g/mol. The van der Waals surface area contributed by atoms with Gasteiger partial charge in [-0.15, -0.1) is 0 Å². The fourth-order valence-electron chi connectivity index (χ4n) is 1.76. The second kappa shape index (κ2) is 4.87. The molecule has 0 N–H and O–H groups in total. The van der Waals surface area contributed by atoms with Gasteiger partial charge in [-0.1, -0.05) is 24.3 Å². The molecular weight excluding hydrogens is 226 g/mol. The molecule has 0 aliphatic rings. The van der Waals surface area contributed by atoms with Crippen molar-refractivity contribution in [2.45, 2.75) is 6.42 Å². The minimum absolute atomic E-state index is 0.584. The van der Waals surface area contributed by atoms with E-state index in [0.717, 1.165) is 17.2 Å². The van der Waals surface area contributed by atoms with Gasteiger partial charge in [0.25, 0.3) is 0 Å². The van der Waals surface area contributed by atoms with Crippen LogP contribution in [0, 0.1) is 0 Å². The Labute approximate surface area is 105 Å². The minimum atomic E-state index is 0.584. The third-order valence-electron chi connectivity index (χ3n) is 2.62. The maximum absolute atomic E-state index is 5.62. The Hall–Kier alpha value is -2.36. The first-order chi connectivity index (χ1) is 8.92. The van der Waals surface area contributed by atoms with Gasteiger partial charge in [0, 0.05) is 12.6 Å². The van der Waals surface area contributed by atoms with Gasteiger partial charge in [0.15, 0.2) is 11.5 Å². The predicted octanol–water partition coefficient (Wildman–Crippen LogP) is 2.35. The molecule has 2 aromatic heterocycles. The topological polar surface area (TPSA) is 39.4 Å². The Morgan fingerprint density at radius 1 is 1.00 bits per heavy atom. The van der Waals surface area contributed by atoms with Gasteiger partial charge >= 0.3 is 0 Å². The Morgan fingerprint density at radius 2 is 1.83 bits per heavy atom. The lowest BCUT2D eigenvalue weighted by Gasteiger charge is -2.03. The zero-order valence-electron chi connectivity index (χ0n) is 9.86. The molecule has 0 unspecified atom stereocenters. The Morgan fingerprint density at radius 3 is 2.67 bits per heavy atom. The van der Waals surface area contributed by atoms with Gasteiger partial charge in [0.2, 0.25) is 0 Å². The normalized spacial score (nSPS) is 10.7. The summed E-state index contributed by atoms with van der Waals surface area (Å²) in [7, 11) is 0. The number of rotatable bonds is 4. The summed E-state index contributed by atoms with van der Waals surface area (Å²) in [4.78, 5) is 4.42. The summed E-state index contributed by atoms with van der Waals surface area (Å²) in [6.07, 6.45) is 2.60. The van der Waals surface area contributed by atoms with Crippen LogP contribution in [0.1, 0.15) is 5.82 Å². The molecule has 0 spiro atoms. The molecule has 0 atom stereocenters. The highest BCUT2D eigenvalue weighted by Crippen LogP contribution is 2.08. The van der Waals surface area contributed by atoms with Crippen LogP contribution in [0.15, 0.2) is 54.7 Å². The van der Waals surface area contributed by atoms with E-state index in [2.05, 4.69) is 10.1 Å². The van der Waals surface area contributed by atoms with Crippen molar-refractivity contribution in [3.05, 3.63) is 60.6 Å². The van der Waals surface area contributed by atoms with Crippen molar-refractivity contribution in [1.29, 1.82) is 0 Å². The standard InChI is InChI=1S/C14H13N3O/c1-2-6-12(7-3-1)18-11-9-13-15-14-8-4-5-10-17(14)16-13/h1-8,10H,9,11H2. The lowest BCUT2D eigenvalue weighted by atomic mass is 10.3. The quantitative estimate of drug-likeness (QED) is 0.701. The number of benzene rings is 1. The van der Waals surface area contributed by atoms with E-state index in [1.165, 1.54) is 0 Å². The van der Waals surface area contributed by atoms with Crippen molar-refractivity contribution >= 4 is 5.65 Å². The first-order valence-electron chi connectivity index (χ1n) is 5.90. The Kier molecular flexibility index (Phi) is 2.92. The van der Waals surface area contributed by atoms with Crippen molar-refractivity contribution in [2.24, 2.45) is 0 Å². The maximum atomic E-state index is 5.62. The molecule has 0 amide bonds. The molecule has 18 heavy (non-hydrogen) atoms. The molecule has 90 valence electrons. The van der Waals surface area contributed by atoms with Crippen LogP contribution in [0.4, 0.5) is 0 Å². The number of hydrogen-bond donors (Lipinski definition) is 0. The van der Waals surface area contributed by atoms with Crippen LogP contribution in [0.25, 0.3) is 5.65 Å². The van der Waals surface area contributed by atoms with Gasteiger partial charge in [-0.2, -0.15) is 5.10 Å². The number of ether oxygens (including phenoxy) is 1. The molecule has 0 fully saturated rings. The number of pyridine rings is 1. The van der Waals surface area contributed by atoms with E-state index < -0.39 is 0 Å². The highest BCUT2D eigenvalue weighted by atomic mass is 16.5. The van der Waals surface area contributed by atoms with Gasteiger partial charge in [-0.25, -0.2) is 9.50 Å². The molecule has 0 bridgehead atoms. The van der Waals surface area contributed by atoms with E-state index in [1.807, 2.05) is 54.7 Å². The van der Waals surface area contributed by atoms with Crippen molar-refractivity contribution in [1.82, 2.24) is 14.6 Å². The SMILES string of the molecule is c1ccc(OCCc2nc3ccccn3n2)cc1.